The van der Waals surface area contributed by atoms with Crippen molar-refractivity contribution < 1.29 is 13.2 Å². The molecule has 0 aromatic carbocycles. The van der Waals surface area contributed by atoms with Crippen LogP contribution in [-0.2, 0) is 9.05 Å². The van der Waals surface area contributed by atoms with Crippen molar-refractivity contribution in [2.75, 3.05) is 12.4 Å². The third-order valence-electron chi connectivity index (χ3n) is 2.50. The highest BCUT2D eigenvalue weighted by Crippen LogP contribution is 2.20. The quantitative estimate of drug-likeness (QED) is 0.758. The summed E-state index contributed by atoms with van der Waals surface area (Å²) in [6.07, 6.45) is 3.02. The van der Waals surface area contributed by atoms with Gasteiger partial charge in [-0.05, 0) is 5.92 Å². The number of aromatic nitrogens is 1. The molecular formula is C11H15Cl2NO3S. The molecule has 4 nitrogen and oxygen atoms in total. The van der Waals surface area contributed by atoms with E-state index in [0.717, 1.165) is 0 Å². The molecule has 7 heteroatoms. The highest BCUT2D eigenvalue weighted by molar-refractivity contribution is 8.13. The summed E-state index contributed by atoms with van der Waals surface area (Å²) >= 11 is 5.77. The van der Waals surface area contributed by atoms with Gasteiger partial charge in [0.15, 0.2) is 0 Å². The molecule has 102 valence electrons. The minimum atomic E-state index is -3.53. The first-order valence-electron chi connectivity index (χ1n) is 5.43. The van der Waals surface area contributed by atoms with Crippen molar-refractivity contribution in [3.63, 3.8) is 0 Å². The molecule has 0 N–H and O–H groups in total. The lowest BCUT2D eigenvalue weighted by Crippen LogP contribution is -2.24. The lowest BCUT2D eigenvalue weighted by molar-refractivity contribution is 0.224. The second kappa shape index (κ2) is 6.59. The van der Waals surface area contributed by atoms with Gasteiger partial charge >= 0.3 is 0 Å². The Kier molecular flexibility index (Phi) is 5.69. The van der Waals surface area contributed by atoms with E-state index >= 15 is 0 Å². The van der Waals surface area contributed by atoms with E-state index in [0.29, 0.717) is 10.8 Å². The summed E-state index contributed by atoms with van der Waals surface area (Å²) in [5.74, 6) is 0.373. The van der Waals surface area contributed by atoms with Gasteiger partial charge in [-0.25, -0.2) is 8.42 Å². The molecule has 0 bridgehead atoms. The first-order valence-corrected chi connectivity index (χ1v) is 8.29. The van der Waals surface area contributed by atoms with Gasteiger partial charge in [0.25, 0.3) is 0 Å². The second-order valence-corrected chi connectivity index (χ2v) is 7.62. The molecule has 0 aliphatic rings. The van der Waals surface area contributed by atoms with Crippen LogP contribution < -0.4 is 4.74 Å². The molecule has 0 saturated heterocycles. The molecule has 1 heterocycles. The van der Waals surface area contributed by atoms with Crippen LogP contribution >= 0.6 is 22.3 Å². The Morgan fingerprint density at radius 3 is 2.56 bits per heavy atom. The molecule has 0 radical (unpaired) electrons. The van der Waals surface area contributed by atoms with Crippen LogP contribution in [-0.4, -0.2) is 25.8 Å². The average molecular weight is 312 g/mol. The summed E-state index contributed by atoms with van der Waals surface area (Å²) in [6, 6.07) is 1.63. The molecule has 1 aromatic heterocycles. The molecule has 0 saturated carbocycles. The van der Waals surface area contributed by atoms with Gasteiger partial charge in [-0.3, -0.25) is 4.98 Å². The number of ether oxygens (including phenoxy) is 1. The number of rotatable bonds is 6. The summed E-state index contributed by atoms with van der Waals surface area (Å²) in [6.45, 7) is 4.10. The Hall–Kier alpha value is -0.520. The fourth-order valence-electron chi connectivity index (χ4n) is 1.36. The molecular weight excluding hydrogens is 297 g/mol. The highest BCUT2D eigenvalue weighted by atomic mass is 35.7. The maximum atomic E-state index is 11.1. The van der Waals surface area contributed by atoms with Crippen LogP contribution in [0, 0.1) is 11.8 Å². The molecule has 0 amide bonds. The summed E-state index contributed by atoms with van der Waals surface area (Å²) in [4.78, 5) is 3.88. The predicted molar refractivity (Wildman–Crippen MR) is 72.7 cm³/mol. The Labute approximate surface area is 117 Å². The van der Waals surface area contributed by atoms with Crippen LogP contribution in [0.15, 0.2) is 18.5 Å². The fourth-order valence-corrected chi connectivity index (χ4v) is 3.01. The van der Waals surface area contributed by atoms with Crippen molar-refractivity contribution in [3.8, 4) is 5.75 Å². The second-order valence-electron chi connectivity index (χ2n) is 4.36. The minimum absolute atomic E-state index is 0.111. The zero-order valence-electron chi connectivity index (χ0n) is 10.1. The van der Waals surface area contributed by atoms with Gasteiger partial charge in [0, 0.05) is 28.9 Å². The molecule has 1 unspecified atom stereocenters. The molecule has 1 rings (SSSR count). The van der Waals surface area contributed by atoms with E-state index in [9.17, 15) is 8.42 Å². The molecule has 1 aromatic rings. The van der Waals surface area contributed by atoms with Crippen LogP contribution in [0.2, 0.25) is 5.02 Å². The average Bonchev–Trinajstić information content (AvgIpc) is 2.22. The molecule has 0 spiro atoms. The molecule has 0 fully saturated rings. The first kappa shape index (κ1) is 15.5. The maximum absolute atomic E-state index is 11.1. The van der Waals surface area contributed by atoms with Crippen molar-refractivity contribution >= 4 is 31.3 Å². The van der Waals surface area contributed by atoms with E-state index in [1.807, 2.05) is 13.8 Å². The van der Waals surface area contributed by atoms with Crippen LogP contribution in [0.3, 0.4) is 0 Å². The largest absolute Gasteiger partial charge is 0.492 e. The molecule has 0 aliphatic heterocycles. The van der Waals surface area contributed by atoms with Crippen LogP contribution in [0.5, 0.6) is 5.75 Å². The number of hydrogen-bond donors (Lipinski definition) is 0. The van der Waals surface area contributed by atoms with Crippen molar-refractivity contribution in [1.29, 1.82) is 0 Å². The first-order chi connectivity index (χ1) is 8.28. The van der Waals surface area contributed by atoms with Crippen LogP contribution in [0.1, 0.15) is 13.8 Å². The smallest absolute Gasteiger partial charge is 0.233 e. The summed E-state index contributed by atoms with van der Waals surface area (Å²) in [5, 5.41) is 0.471. The Morgan fingerprint density at radius 2 is 2.06 bits per heavy atom. The maximum Gasteiger partial charge on any atom is 0.233 e. The third-order valence-corrected chi connectivity index (χ3v) is 3.91. The standard InChI is InChI=1S/C11H15Cl2NO3S/c1-8(2)9(7-18(13,15)16)6-17-11-3-10(12)4-14-5-11/h3-5,8-9H,6-7H2,1-2H3. The van der Waals surface area contributed by atoms with Gasteiger partial charge in [-0.1, -0.05) is 25.4 Å². The number of pyridine rings is 1. The number of halogens is 2. The summed E-state index contributed by atoms with van der Waals surface area (Å²) in [5.41, 5.74) is 0. The highest BCUT2D eigenvalue weighted by Gasteiger charge is 2.21. The summed E-state index contributed by atoms with van der Waals surface area (Å²) in [7, 11) is 1.73. The van der Waals surface area contributed by atoms with Crippen LogP contribution in [0.4, 0.5) is 0 Å². The van der Waals surface area contributed by atoms with Crippen molar-refractivity contribution in [3.05, 3.63) is 23.5 Å². The van der Waals surface area contributed by atoms with Gasteiger partial charge in [0.1, 0.15) is 5.75 Å². The molecule has 1 atom stereocenters. The van der Waals surface area contributed by atoms with Crippen LogP contribution in [0.25, 0.3) is 0 Å². The zero-order chi connectivity index (χ0) is 13.8. The Morgan fingerprint density at radius 1 is 1.39 bits per heavy atom. The van der Waals surface area contributed by atoms with Crippen molar-refractivity contribution in [1.82, 2.24) is 4.98 Å². The van der Waals surface area contributed by atoms with E-state index in [1.165, 1.54) is 12.4 Å². The minimum Gasteiger partial charge on any atom is -0.492 e. The van der Waals surface area contributed by atoms with Crippen molar-refractivity contribution in [2.45, 2.75) is 13.8 Å². The number of nitrogens with zero attached hydrogens (tertiary/aromatic N) is 1. The fraction of sp³-hybridized carbons (Fsp3) is 0.545. The lowest BCUT2D eigenvalue weighted by atomic mass is 9.99. The number of hydrogen-bond acceptors (Lipinski definition) is 4. The predicted octanol–water partition coefficient (Wildman–Crippen LogP) is 2.95. The monoisotopic (exact) mass is 311 g/mol. The SMILES string of the molecule is CC(C)C(COc1cncc(Cl)c1)CS(=O)(=O)Cl. The van der Waals surface area contributed by atoms with Crippen molar-refractivity contribution in [2.24, 2.45) is 11.8 Å². The van der Waals surface area contributed by atoms with E-state index in [4.69, 9.17) is 27.0 Å². The van der Waals surface area contributed by atoms with Gasteiger partial charge in [0.2, 0.25) is 9.05 Å². The van der Waals surface area contributed by atoms with Gasteiger partial charge < -0.3 is 4.74 Å². The lowest BCUT2D eigenvalue weighted by Gasteiger charge is -2.19. The topological polar surface area (TPSA) is 56.3 Å². The normalized spacial score (nSPS) is 13.6. The Bertz CT molecular complexity index is 491. The van der Waals surface area contributed by atoms with E-state index < -0.39 is 9.05 Å². The Balaban J connectivity index is 2.63. The zero-order valence-corrected chi connectivity index (χ0v) is 12.5. The van der Waals surface area contributed by atoms with Gasteiger partial charge in [0.05, 0.1) is 23.6 Å². The van der Waals surface area contributed by atoms with Gasteiger partial charge in [-0.15, -0.1) is 0 Å². The third kappa shape index (κ3) is 5.89. The summed E-state index contributed by atoms with van der Waals surface area (Å²) < 4.78 is 27.7. The van der Waals surface area contributed by atoms with Gasteiger partial charge in [-0.2, -0.15) is 0 Å². The van der Waals surface area contributed by atoms with E-state index in [-0.39, 0.29) is 24.2 Å². The van der Waals surface area contributed by atoms with E-state index in [1.54, 1.807) is 6.07 Å². The molecule has 18 heavy (non-hydrogen) atoms. The molecule has 0 aliphatic carbocycles. The van der Waals surface area contributed by atoms with E-state index in [2.05, 4.69) is 4.98 Å².